The molecule has 0 saturated carbocycles. The highest BCUT2D eigenvalue weighted by molar-refractivity contribution is 5.85. The minimum atomic E-state index is 0. The summed E-state index contributed by atoms with van der Waals surface area (Å²) < 4.78 is 5.09. The van der Waals surface area contributed by atoms with E-state index in [1.54, 1.807) is 13.3 Å². The average Bonchev–Trinajstić information content (AvgIpc) is 2.38. The maximum atomic E-state index is 5.09. The van der Waals surface area contributed by atoms with Crippen molar-refractivity contribution in [3.63, 3.8) is 0 Å². The summed E-state index contributed by atoms with van der Waals surface area (Å²) in [5.41, 5.74) is 2.24. The summed E-state index contributed by atoms with van der Waals surface area (Å²) in [6.45, 7) is 0.778. The van der Waals surface area contributed by atoms with Gasteiger partial charge in [0.1, 0.15) is 5.75 Å². The predicted octanol–water partition coefficient (Wildman–Crippen LogP) is 3.55. The Balaban J connectivity index is 0.00000144. The lowest BCUT2D eigenvalue weighted by Crippen LogP contribution is -1.99. The van der Waals surface area contributed by atoms with Crippen molar-refractivity contribution in [2.45, 2.75) is 6.54 Å². The molecule has 0 atom stereocenters. The van der Waals surface area contributed by atoms with Crippen LogP contribution in [0, 0.1) is 0 Å². The van der Waals surface area contributed by atoms with Crippen molar-refractivity contribution < 1.29 is 4.74 Å². The first kappa shape index (κ1) is 16.6. The summed E-state index contributed by atoms with van der Waals surface area (Å²) in [4.78, 5) is 4.06. The van der Waals surface area contributed by atoms with Gasteiger partial charge in [-0.3, -0.25) is 4.98 Å². The van der Waals surface area contributed by atoms with Crippen LogP contribution in [-0.2, 0) is 6.54 Å². The summed E-state index contributed by atoms with van der Waals surface area (Å²) in [7, 11) is 1.66. The maximum absolute atomic E-state index is 5.09. The number of pyridine rings is 1. The molecule has 0 aliphatic rings. The number of rotatable bonds is 4. The van der Waals surface area contributed by atoms with Gasteiger partial charge in [0.15, 0.2) is 0 Å². The van der Waals surface area contributed by atoms with Crippen LogP contribution in [-0.4, -0.2) is 12.1 Å². The lowest BCUT2D eigenvalue weighted by Gasteiger charge is -2.06. The van der Waals surface area contributed by atoms with Crippen LogP contribution in [0.15, 0.2) is 48.8 Å². The number of anilines is 1. The Kier molecular flexibility index (Phi) is 7.92. The van der Waals surface area contributed by atoms with Gasteiger partial charge in [-0.15, -0.1) is 24.8 Å². The Morgan fingerprint density at radius 2 is 1.83 bits per heavy atom. The van der Waals surface area contributed by atoms with Gasteiger partial charge in [-0.1, -0.05) is 6.07 Å². The van der Waals surface area contributed by atoms with Crippen molar-refractivity contribution in [1.29, 1.82) is 0 Å². The van der Waals surface area contributed by atoms with E-state index in [9.17, 15) is 0 Å². The molecule has 5 heteroatoms. The number of aromatic nitrogens is 1. The van der Waals surface area contributed by atoms with Gasteiger partial charge in [0.25, 0.3) is 0 Å². The van der Waals surface area contributed by atoms with E-state index in [1.807, 2.05) is 42.6 Å². The molecule has 3 nitrogen and oxygen atoms in total. The number of hydrogen-bond donors (Lipinski definition) is 1. The van der Waals surface area contributed by atoms with Crippen LogP contribution in [0.2, 0.25) is 0 Å². The highest BCUT2D eigenvalue weighted by atomic mass is 35.5. The Morgan fingerprint density at radius 3 is 2.39 bits per heavy atom. The first-order valence-electron chi connectivity index (χ1n) is 5.15. The zero-order valence-electron chi connectivity index (χ0n) is 10.00. The molecular formula is C13H16Cl2N2O. The first-order chi connectivity index (χ1) is 7.88. The molecule has 0 aliphatic carbocycles. The number of halogens is 2. The van der Waals surface area contributed by atoms with Crippen molar-refractivity contribution in [3.8, 4) is 5.75 Å². The number of hydrogen-bond acceptors (Lipinski definition) is 3. The van der Waals surface area contributed by atoms with Crippen molar-refractivity contribution in [2.75, 3.05) is 12.4 Å². The van der Waals surface area contributed by atoms with Gasteiger partial charge in [0.2, 0.25) is 0 Å². The van der Waals surface area contributed by atoms with Crippen molar-refractivity contribution in [3.05, 3.63) is 54.4 Å². The molecule has 1 heterocycles. The van der Waals surface area contributed by atoms with Gasteiger partial charge in [0, 0.05) is 24.6 Å². The number of methoxy groups -OCH3 is 1. The van der Waals surface area contributed by atoms with Crippen molar-refractivity contribution >= 4 is 30.5 Å². The highest BCUT2D eigenvalue weighted by Crippen LogP contribution is 2.15. The minimum Gasteiger partial charge on any atom is -0.497 e. The molecule has 1 aromatic carbocycles. The summed E-state index contributed by atoms with van der Waals surface area (Å²) in [6, 6.07) is 11.8. The molecule has 0 saturated heterocycles. The van der Waals surface area contributed by atoms with E-state index in [0.717, 1.165) is 18.0 Å². The highest BCUT2D eigenvalue weighted by Gasteiger charge is 1.94. The zero-order valence-corrected chi connectivity index (χ0v) is 11.6. The molecule has 1 aromatic heterocycles. The lowest BCUT2D eigenvalue weighted by atomic mass is 10.2. The number of nitrogens with one attached hydrogen (secondary N) is 1. The van der Waals surface area contributed by atoms with Gasteiger partial charge < -0.3 is 10.1 Å². The van der Waals surface area contributed by atoms with Crippen LogP contribution in [0.5, 0.6) is 5.75 Å². The Labute approximate surface area is 119 Å². The quantitative estimate of drug-likeness (QED) is 0.933. The standard InChI is InChI=1S/C13H14N2O.2ClH/c1-16-13-6-4-12(5-7-13)15-10-11-3-2-8-14-9-11;;/h2-9,15H,10H2,1H3;2*1H. The second-order valence-electron chi connectivity index (χ2n) is 3.44. The fraction of sp³-hybridized carbons (Fsp3) is 0.154. The van der Waals surface area contributed by atoms with Crippen LogP contribution in [0.1, 0.15) is 5.56 Å². The van der Waals surface area contributed by atoms with Crippen molar-refractivity contribution in [1.82, 2.24) is 4.98 Å². The smallest absolute Gasteiger partial charge is 0.119 e. The molecule has 0 fully saturated rings. The molecule has 18 heavy (non-hydrogen) atoms. The van der Waals surface area contributed by atoms with Gasteiger partial charge >= 0.3 is 0 Å². The lowest BCUT2D eigenvalue weighted by molar-refractivity contribution is 0.415. The normalized spacial score (nSPS) is 8.72. The van der Waals surface area contributed by atoms with Gasteiger partial charge in [0.05, 0.1) is 7.11 Å². The van der Waals surface area contributed by atoms with Crippen LogP contribution >= 0.6 is 24.8 Å². The van der Waals surface area contributed by atoms with Crippen LogP contribution < -0.4 is 10.1 Å². The monoisotopic (exact) mass is 286 g/mol. The molecule has 0 radical (unpaired) electrons. The van der Waals surface area contributed by atoms with Gasteiger partial charge in [-0.2, -0.15) is 0 Å². The summed E-state index contributed by atoms with van der Waals surface area (Å²) >= 11 is 0. The Morgan fingerprint density at radius 1 is 1.11 bits per heavy atom. The van der Waals surface area contributed by atoms with E-state index in [1.165, 1.54) is 5.56 Å². The van der Waals surface area contributed by atoms with Crippen LogP contribution in [0.3, 0.4) is 0 Å². The first-order valence-corrected chi connectivity index (χ1v) is 5.15. The summed E-state index contributed by atoms with van der Waals surface area (Å²) in [5, 5.41) is 3.32. The molecule has 98 valence electrons. The largest absolute Gasteiger partial charge is 0.497 e. The van der Waals surface area contributed by atoms with E-state index in [4.69, 9.17) is 4.74 Å². The third-order valence-electron chi connectivity index (χ3n) is 2.31. The van der Waals surface area contributed by atoms with Crippen molar-refractivity contribution in [2.24, 2.45) is 0 Å². The number of benzene rings is 1. The molecule has 2 aromatic rings. The third-order valence-corrected chi connectivity index (χ3v) is 2.31. The van der Waals surface area contributed by atoms with Gasteiger partial charge in [-0.05, 0) is 35.9 Å². The average molecular weight is 287 g/mol. The fourth-order valence-corrected chi connectivity index (χ4v) is 1.42. The fourth-order valence-electron chi connectivity index (χ4n) is 1.42. The molecule has 0 unspecified atom stereocenters. The maximum Gasteiger partial charge on any atom is 0.119 e. The molecule has 0 aliphatic heterocycles. The molecule has 1 N–H and O–H groups in total. The SMILES string of the molecule is COc1ccc(NCc2cccnc2)cc1.Cl.Cl. The zero-order chi connectivity index (χ0) is 11.2. The minimum absolute atomic E-state index is 0. The van der Waals surface area contributed by atoms with E-state index in [0.29, 0.717) is 0 Å². The topological polar surface area (TPSA) is 34.1 Å². The molecule has 0 amide bonds. The van der Waals surface area contributed by atoms with E-state index >= 15 is 0 Å². The Hall–Kier alpha value is -1.45. The Bertz CT molecular complexity index is 435. The second-order valence-corrected chi connectivity index (χ2v) is 3.44. The molecule has 2 rings (SSSR count). The molecule has 0 bridgehead atoms. The molecule has 0 spiro atoms. The predicted molar refractivity (Wildman–Crippen MR) is 79.1 cm³/mol. The van der Waals surface area contributed by atoms with E-state index in [-0.39, 0.29) is 24.8 Å². The third kappa shape index (κ3) is 4.82. The summed E-state index contributed by atoms with van der Waals surface area (Å²) in [5.74, 6) is 0.868. The number of nitrogens with zero attached hydrogens (tertiary/aromatic N) is 1. The van der Waals surface area contributed by atoms with Gasteiger partial charge in [-0.25, -0.2) is 0 Å². The second kappa shape index (κ2) is 8.61. The van der Waals surface area contributed by atoms with E-state index < -0.39 is 0 Å². The molecular weight excluding hydrogens is 271 g/mol. The summed E-state index contributed by atoms with van der Waals surface area (Å²) in [6.07, 6.45) is 3.63. The number of ether oxygens (including phenoxy) is 1. The van der Waals surface area contributed by atoms with E-state index in [2.05, 4.69) is 10.3 Å². The van der Waals surface area contributed by atoms with Crippen LogP contribution in [0.25, 0.3) is 0 Å². The van der Waals surface area contributed by atoms with Crippen LogP contribution in [0.4, 0.5) is 5.69 Å².